The molecule has 5 heterocycles. The minimum absolute atomic E-state index is 0.165. The first-order valence-corrected chi connectivity index (χ1v) is 13.8. The van der Waals surface area contributed by atoms with Crippen molar-refractivity contribution in [3.63, 3.8) is 0 Å². The van der Waals surface area contributed by atoms with Crippen molar-refractivity contribution in [3.05, 3.63) is 23.7 Å². The summed E-state index contributed by atoms with van der Waals surface area (Å²) >= 11 is 0. The molecule has 8 nitrogen and oxygen atoms in total. The maximum absolute atomic E-state index is 13.0. The topological polar surface area (TPSA) is 77.5 Å². The first-order valence-electron chi connectivity index (χ1n) is 13.8. The van der Waals surface area contributed by atoms with Gasteiger partial charge in [-0.2, -0.15) is 0 Å². The number of carbonyl (C=O) groups excluding carboxylic acids is 1. The number of carbonyl (C=O) groups is 1. The highest BCUT2D eigenvalue weighted by Gasteiger charge is 2.44. The quantitative estimate of drug-likeness (QED) is 0.686. The SMILES string of the molecule is Cc1nc(C(=O)NC2CCN(CCN3CC4CC4C3)CC2)nc2ccc(N3CCCCCC3)nc12. The molecule has 35 heavy (non-hydrogen) atoms. The van der Waals surface area contributed by atoms with Crippen molar-refractivity contribution in [2.45, 2.75) is 57.9 Å². The van der Waals surface area contributed by atoms with E-state index in [1.807, 2.05) is 19.1 Å². The molecule has 2 unspecified atom stereocenters. The third kappa shape index (κ3) is 5.28. The number of pyridine rings is 1. The molecular weight excluding hydrogens is 438 g/mol. The molecule has 4 aliphatic rings. The Labute approximate surface area is 208 Å². The number of aryl methyl sites for hydroxylation is 1. The third-order valence-electron chi connectivity index (χ3n) is 8.54. The summed E-state index contributed by atoms with van der Waals surface area (Å²) in [7, 11) is 0. The van der Waals surface area contributed by atoms with Gasteiger partial charge >= 0.3 is 0 Å². The van der Waals surface area contributed by atoms with Crippen LogP contribution >= 0.6 is 0 Å². The Kier molecular flexibility index (Phi) is 6.58. The first kappa shape index (κ1) is 23.1. The number of hydrogen-bond acceptors (Lipinski definition) is 7. The van der Waals surface area contributed by atoms with E-state index < -0.39 is 0 Å². The Morgan fingerprint density at radius 3 is 2.37 bits per heavy atom. The van der Waals surface area contributed by atoms with Gasteiger partial charge in [0.05, 0.1) is 11.2 Å². The van der Waals surface area contributed by atoms with Gasteiger partial charge in [-0.15, -0.1) is 0 Å². The van der Waals surface area contributed by atoms with Crippen LogP contribution in [0.2, 0.25) is 0 Å². The van der Waals surface area contributed by atoms with E-state index in [4.69, 9.17) is 4.98 Å². The lowest BCUT2D eigenvalue weighted by Gasteiger charge is -2.33. The highest BCUT2D eigenvalue weighted by Crippen LogP contribution is 2.44. The Hall–Kier alpha value is -2.32. The third-order valence-corrected chi connectivity index (χ3v) is 8.54. The highest BCUT2D eigenvalue weighted by molar-refractivity contribution is 5.93. The van der Waals surface area contributed by atoms with Gasteiger partial charge in [0, 0.05) is 58.4 Å². The van der Waals surface area contributed by atoms with Crippen LogP contribution in [0.1, 0.15) is 61.3 Å². The summed E-state index contributed by atoms with van der Waals surface area (Å²) in [6, 6.07) is 4.24. The normalized spacial score (nSPS) is 26.0. The highest BCUT2D eigenvalue weighted by atomic mass is 16.2. The molecule has 2 aromatic rings. The fraction of sp³-hybridized carbons (Fsp3) is 0.704. The van der Waals surface area contributed by atoms with Gasteiger partial charge in [-0.1, -0.05) is 12.8 Å². The fourth-order valence-corrected chi connectivity index (χ4v) is 6.24. The van der Waals surface area contributed by atoms with Crippen molar-refractivity contribution in [3.8, 4) is 0 Å². The lowest BCUT2D eigenvalue weighted by Crippen LogP contribution is -2.46. The van der Waals surface area contributed by atoms with Crippen LogP contribution in [0.4, 0.5) is 5.82 Å². The van der Waals surface area contributed by atoms with E-state index in [-0.39, 0.29) is 17.8 Å². The summed E-state index contributed by atoms with van der Waals surface area (Å²) in [4.78, 5) is 34.6. The van der Waals surface area contributed by atoms with Crippen LogP contribution in [0, 0.1) is 18.8 Å². The van der Waals surface area contributed by atoms with Crippen LogP contribution in [0.15, 0.2) is 12.1 Å². The van der Waals surface area contributed by atoms with Crippen molar-refractivity contribution >= 4 is 22.8 Å². The molecular formula is C27H39N7O. The van der Waals surface area contributed by atoms with Crippen molar-refractivity contribution < 1.29 is 4.79 Å². The smallest absolute Gasteiger partial charge is 0.289 e. The van der Waals surface area contributed by atoms with Gasteiger partial charge in [-0.25, -0.2) is 15.0 Å². The molecule has 2 atom stereocenters. The van der Waals surface area contributed by atoms with Gasteiger partial charge in [-0.05, 0) is 63.0 Å². The molecule has 3 aliphatic heterocycles. The number of fused-ring (bicyclic) bond motifs is 2. The minimum Gasteiger partial charge on any atom is -0.357 e. The summed E-state index contributed by atoms with van der Waals surface area (Å²) in [5, 5.41) is 3.20. The number of likely N-dealkylation sites (tertiary alicyclic amines) is 2. The van der Waals surface area contributed by atoms with Gasteiger partial charge in [0.25, 0.3) is 5.91 Å². The summed E-state index contributed by atoms with van der Waals surface area (Å²) in [6.07, 6.45) is 8.47. The van der Waals surface area contributed by atoms with Crippen molar-refractivity contribution in [2.75, 3.05) is 57.3 Å². The average Bonchev–Trinajstić information content (AvgIpc) is 3.58. The van der Waals surface area contributed by atoms with Gasteiger partial charge in [0.15, 0.2) is 0 Å². The zero-order valence-corrected chi connectivity index (χ0v) is 21.1. The maximum Gasteiger partial charge on any atom is 0.289 e. The van der Waals surface area contributed by atoms with E-state index in [1.54, 1.807) is 0 Å². The first-order chi connectivity index (χ1) is 17.1. The molecule has 2 aromatic heterocycles. The second kappa shape index (κ2) is 9.97. The van der Waals surface area contributed by atoms with Crippen LogP contribution in [0.25, 0.3) is 11.0 Å². The molecule has 1 amide bonds. The lowest BCUT2D eigenvalue weighted by molar-refractivity contribution is 0.0897. The number of hydrogen-bond donors (Lipinski definition) is 1. The van der Waals surface area contributed by atoms with Crippen LogP contribution in [-0.2, 0) is 0 Å². The van der Waals surface area contributed by atoms with E-state index in [9.17, 15) is 4.79 Å². The van der Waals surface area contributed by atoms with E-state index in [1.165, 1.54) is 51.7 Å². The number of piperidine rings is 2. The van der Waals surface area contributed by atoms with E-state index in [2.05, 4.69) is 30.0 Å². The largest absolute Gasteiger partial charge is 0.357 e. The number of nitrogens with zero attached hydrogens (tertiary/aromatic N) is 6. The van der Waals surface area contributed by atoms with Gasteiger partial charge in [-0.3, -0.25) is 4.79 Å². The van der Waals surface area contributed by atoms with Gasteiger partial charge in [0.1, 0.15) is 11.3 Å². The predicted octanol–water partition coefficient (Wildman–Crippen LogP) is 2.86. The van der Waals surface area contributed by atoms with E-state index >= 15 is 0 Å². The maximum atomic E-state index is 13.0. The number of anilines is 1. The number of amides is 1. The standard InChI is InChI=1S/C27H39N7O/c1-19-25-23(6-7-24(31-25)34-10-4-2-3-5-11-34)30-26(28-19)27(35)29-22-8-12-32(13-9-22)14-15-33-17-20-16-21(20)18-33/h6-7,20-22H,2-5,8-18H2,1H3,(H,29,35). The molecule has 0 radical (unpaired) electrons. The molecule has 6 rings (SSSR count). The van der Waals surface area contributed by atoms with Crippen LogP contribution in [-0.4, -0.2) is 89.1 Å². The molecule has 1 saturated carbocycles. The monoisotopic (exact) mass is 477 g/mol. The molecule has 1 aliphatic carbocycles. The minimum atomic E-state index is -0.165. The van der Waals surface area contributed by atoms with Crippen LogP contribution in [0.5, 0.6) is 0 Å². The molecule has 8 heteroatoms. The number of rotatable bonds is 6. The van der Waals surface area contributed by atoms with E-state index in [0.717, 1.165) is 79.9 Å². The molecule has 0 aromatic carbocycles. The van der Waals surface area contributed by atoms with Crippen molar-refractivity contribution in [1.82, 2.24) is 30.1 Å². The van der Waals surface area contributed by atoms with E-state index in [0.29, 0.717) is 0 Å². The molecule has 0 bridgehead atoms. The second-order valence-corrected chi connectivity index (χ2v) is 11.2. The Balaban J connectivity index is 1.03. The Morgan fingerprint density at radius 1 is 0.914 bits per heavy atom. The number of aromatic nitrogens is 3. The Bertz CT molecular complexity index is 1050. The molecule has 1 N–H and O–H groups in total. The lowest BCUT2D eigenvalue weighted by atomic mass is 10.0. The zero-order chi connectivity index (χ0) is 23.8. The summed E-state index contributed by atoms with van der Waals surface area (Å²) < 4.78 is 0. The summed E-state index contributed by atoms with van der Waals surface area (Å²) in [5.41, 5.74) is 2.31. The fourth-order valence-electron chi connectivity index (χ4n) is 6.24. The Morgan fingerprint density at radius 2 is 1.63 bits per heavy atom. The second-order valence-electron chi connectivity index (χ2n) is 11.2. The molecule has 0 spiro atoms. The predicted molar refractivity (Wildman–Crippen MR) is 138 cm³/mol. The average molecular weight is 478 g/mol. The summed E-state index contributed by atoms with van der Waals surface area (Å²) in [6.45, 7) is 11.1. The van der Waals surface area contributed by atoms with Crippen LogP contribution in [0.3, 0.4) is 0 Å². The molecule has 3 saturated heterocycles. The van der Waals surface area contributed by atoms with Crippen molar-refractivity contribution in [1.29, 1.82) is 0 Å². The number of nitrogens with one attached hydrogen (secondary N) is 1. The van der Waals surface area contributed by atoms with Crippen LogP contribution < -0.4 is 10.2 Å². The van der Waals surface area contributed by atoms with Gasteiger partial charge < -0.3 is 20.0 Å². The van der Waals surface area contributed by atoms with Gasteiger partial charge in [0.2, 0.25) is 5.82 Å². The van der Waals surface area contributed by atoms with Crippen molar-refractivity contribution in [2.24, 2.45) is 11.8 Å². The molecule has 188 valence electrons. The molecule has 4 fully saturated rings. The zero-order valence-electron chi connectivity index (χ0n) is 21.1. The summed E-state index contributed by atoms with van der Waals surface area (Å²) in [5.74, 6) is 3.11.